The minimum atomic E-state index is -0.651. The first-order chi connectivity index (χ1) is 8.63. The molecule has 2 heteroatoms. The molecule has 0 radical (unpaired) electrons. The lowest BCUT2D eigenvalue weighted by molar-refractivity contribution is 1.07. The van der Waals surface area contributed by atoms with Crippen LogP contribution in [0.3, 0.4) is 0 Å². The van der Waals surface area contributed by atoms with E-state index in [2.05, 4.69) is 63.2 Å². The van der Waals surface area contributed by atoms with Crippen molar-refractivity contribution in [1.82, 2.24) is 0 Å². The van der Waals surface area contributed by atoms with Crippen molar-refractivity contribution in [1.29, 1.82) is 0 Å². The second-order valence-corrected chi connectivity index (χ2v) is 6.98. The molecular formula is C16H19ClSi. The normalized spacial score (nSPS) is 13.1. The first kappa shape index (κ1) is 13.4. The fourth-order valence-electron chi connectivity index (χ4n) is 2.76. The fraction of sp³-hybridized carbons (Fsp3) is 0.250. The van der Waals surface area contributed by atoms with Crippen molar-refractivity contribution in [3.63, 3.8) is 0 Å². The standard InChI is InChI=1S/C16H19ClSi/c1-11-9-12(2)15(13(3)10-11)16(18-17)14-7-5-4-6-8-14/h4-10,16H,18H2,1-3H3. The molecule has 0 fully saturated rings. The quantitative estimate of drug-likeness (QED) is 0.586. The number of hydrogen-bond acceptors (Lipinski definition) is 0. The molecule has 0 heterocycles. The molecule has 0 aromatic heterocycles. The summed E-state index contributed by atoms with van der Waals surface area (Å²) in [6, 6.07) is 15.2. The van der Waals surface area contributed by atoms with Crippen LogP contribution in [0.1, 0.15) is 33.4 Å². The zero-order chi connectivity index (χ0) is 13.1. The van der Waals surface area contributed by atoms with Crippen molar-refractivity contribution in [3.05, 3.63) is 70.3 Å². The summed E-state index contributed by atoms with van der Waals surface area (Å²) in [4.78, 5) is 0. The molecule has 2 rings (SSSR count). The second-order valence-electron chi connectivity index (χ2n) is 4.93. The summed E-state index contributed by atoms with van der Waals surface area (Å²) >= 11 is 6.36. The maximum atomic E-state index is 6.36. The van der Waals surface area contributed by atoms with E-state index in [1.54, 1.807) is 0 Å². The van der Waals surface area contributed by atoms with Gasteiger partial charge in [-0.3, -0.25) is 0 Å². The minimum absolute atomic E-state index is 0.425. The maximum absolute atomic E-state index is 6.36. The number of benzene rings is 2. The van der Waals surface area contributed by atoms with E-state index < -0.39 is 8.83 Å². The number of halogens is 1. The highest BCUT2D eigenvalue weighted by molar-refractivity contribution is 6.94. The van der Waals surface area contributed by atoms with Crippen molar-refractivity contribution in [2.75, 3.05) is 0 Å². The van der Waals surface area contributed by atoms with Gasteiger partial charge in [-0.2, -0.15) is 11.1 Å². The van der Waals surface area contributed by atoms with Crippen LogP contribution in [0.5, 0.6) is 0 Å². The molecule has 0 saturated carbocycles. The van der Waals surface area contributed by atoms with E-state index in [9.17, 15) is 0 Å². The zero-order valence-electron chi connectivity index (χ0n) is 11.2. The summed E-state index contributed by atoms with van der Waals surface area (Å²) < 4.78 is 0. The third-order valence-corrected chi connectivity index (χ3v) is 5.56. The Morgan fingerprint density at radius 2 is 1.50 bits per heavy atom. The van der Waals surface area contributed by atoms with E-state index in [4.69, 9.17) is 11.1 Å². The molecule has 0 amide bonds. The first-order valence-electron chi connectivity index (χ1n) is 6.32. The largest absolute Gasteiger partial charge is 0.175 e. The average Bonchev–Trinajstić information content (AvgIpc) is 2.34. The molecule has 0 aliphatic rings. The van der Waals surface area contributed by atoms with Gasteiger partial charge in [-0.05, 0) is 43.0 Å². The number of rotatable bonds is 3. The van der Waals surface area contributed by atoms with Crippen molar-refractivity contribution in [3.8, 4) is 0 Å². The molecule has 0 aliphatic carbocycles. The molecule has 0 nitrogen and oxygen atoms in total. The fourth-order valence-corrected chi connectivity index (χ4v) is 5.01. The van der Waals surface area contributed by atoms with Crippen molar-refractivity contribution < 1.29 is 0 Å². The van der Waals surface area contributed by atoms with Gasteiger partial charge in [0.15, 0.2) is 0 Å². The molecule has 94 valence electrons. The molecule has 2 aromatic rings. The van der Waals surface area contributed by atoms with Crippen LogP contribution < -0.4 is 0 Å². The Morgan fingerprint density at radius 1 is 0.944 bits per heavy atom. The van der Waals surface area contributed by atoms with E-state index in [-0.39, 0.29) is 0 Å². The summed E-state index contributed by atoms with van der Waals surface area (Å²) in [5.74, 6) is 0. The lowest BCUT2D eigenvalue weighted by atomic mass is 9.94. The van der Waals surface area contributed by atoms with Gasteiger partial charge in [0.1, 0.15) is 8.83 Å². The average molecular weight is 275 g/mol. The molecule has 0 spiro atoms. The Morgan fingerprint density at radius 3 is 2.00 bits per heavy atom. The number of aryl methyl sites for hydroxylation is 3. The minimum Gasteiger partial charge on any atom is -0.175 e. The smallest absolute Gasteiger partial charge is 0.137 e. The summed E-state index contributed by atoms with van der Waals surface area (Å²) in [7, 11) is -0.651. The Labute approximate surface area is 117 Å². The Hall–Kier alpha value is -1.05. The molecule has 2 aromatic carbocycles. The summed E-state index contributed by atoms with van der Waals surface area (Å²) in [6.07, 6.45) is 0. The monoisotopic (exact) mass is 274 g/mol. The van der Waals surface area contributed by atoms with E-state index in [1.165, 1.54) is 27.8 Å². The molecule has 18 heavy (non-hydrogen) atoms. The summed E-state index contributed by atoms with van der Waals surface area (Å²) in [5.41, 5.74) is 7.29. The highest BCUT2D eigenvalue weighted by Crippen LogP contribution is 2.30. The SMILES string of the molecule is Cc1cc(C)c(C([SiH2]Cl)c2ccccc2)c(C)c1. The van der Waals surface area contributed by atoms with Crippen LogP contribution in [0.4, 0.5) is 0 Å². The lowest BCUT2D eigenvalue weighted by Crippen LogP contribution is -2.09. The van der Waals surface area contributed by atoms with Gasteiger partial charge in [-0.25, -0.2) is 0 Å². The van der Waals surface area contributed by atoms with Crippen molar-refractivity contribution >= 4 is 19.9 Å². The topological polar surface area (TPSA) is 0 Å². The van der Waals surface area contributed by atoms with Crippen molar-refractivity contribution in [2.45, 2.75) is 26.3 Å². The predicted molar refractivity (Wildman–Crippen MR) is 83.3 cm³/mol. The Balaban J connectivity index is 2.52. The highest BCUT2D eigenvalue weighted by Gasteiger charge is 2.17. The van der Waals surface area contributed by atoms with Crippen LogP contribution in [-0.4, -0.2) is 8.83 Å². The molecule has 1 atom stereocenters. The molecular weight excluding hydrogens is 256 g/mol. The van der Waals surface area contributed by atoms with Gasteiger partial charge in [0.2, 0.25) is 0 Å². The third-order valence-electron chi connectivity index (χ3n) is 3.44. The van der Waals surface area contributed by atoms with E-state index >= 15 is 0 Å². The zero-order valence-corrected chi connectivity index (χ0v) is 13.4. The van der Waals surface area contributed by atoms with Crippen LogP contribution in [0.2, 0.25) is 0 Å². The van der Waals surface area contributed by atoms with E-state index in [0.29, 0.717) is 5.54 Å². The van der Waals surface area contributed by atoms with Gasteiger partial charge in [-0.15, -0.1) is 0 Å². The maximum Gasteiger partial charge on any atom is 0.137 e. The Kier molecular flexibility index (Phi) is 4.26. The second kappa shape index (κ2) is 5.72. The molecule has 0 N–H and O–H groups in total. The van der Waals surface area contributed by atoms with E-state index in [1.807, 2.05) is 0 Å². The predicted octanol–water partition coefficient (Wildman–Crippen LogP) is 4.02. The molecule has 0 aliphatic heterocycles. The van der Waals surface area contributed by atoms with Crippen LogP contribution in [0, 0.1) is 20.8 Å². The molecule has 0 bridgehead atoms. The van der Waals surface area contributed by atoms with Gasteiger partial charge >= 0.3 is 0 Å². The lowest BCUT2D eigenvalue weighted by Gasteiger charge is -2.20. The van der Waals surface area contributed by atoms with Gasteiger partial charge in [0.25, 0.3) is 0 Å². The van der Waals surface area contributed by atoms with Crippen LogP contribution in [0.25, 0.3) is 0 Å². The van der Waals surface area contributed by atoms with E-state index in [0.717, 1.165) is 0 Å². The van der Waals surface area contributed by atoms with Gasteiger partial charge < -0.3 is 0 Å². The highest BCUT2D eigenvalue weighted by atomic mass is 35.6. The first-order valence-corrected chi connectivity index (χ1v) is 9.27. The van der Waals surface area contributed by atoms with Gasteiger partial charge in [0.05, 0.1) is 0 Å². The van der Waals surface area contributed by atoms with Crippen LogP contribution >= 0.6 is 11.1 Å². The third kappa shape index (κ3) is 2.68. The van der Waals surface area contributed by atoms with Gasteiger partial charge in [0, 0.05) is 5.54 Å². The number of hydrogen-bond donors (Lipinski definition) is 0. The van der Waals surface area contributed by atoms with Crippen molar-refractivity contribution in [2.24, 2.45) is 0 Å². The van der Waals surface area contributed by atoms with Gasteiger partial charge in [-0.1, -0.05) is 48.0 Å². The summed E-state index contributed by atoms with van der Waals surface area (Å²) in [6.45, 7) is 6.55. The van der Waals surface area contributed by atoms with Crippen LogP contribution in [0.15, 0.2) is 42.5 Å². The molecule has 1 unspecified atom stereocenters. The summed E-state index contributed by atoms with van der Waals surface area (Å²) in [5, 5.41) is 0. The molecule has 0 saturated heterocycles. The van der Waals surface area contributed by atoms with Crippen LogP contribution in [-0.2, 0) is 0 Å². The Bertz CT molecular complexity index is 511.